The molecule has 192 valence electrons. The summed E-state index contributed by atoms with van der Waals surface area (Å²) in [6.45, 7) is 6.60. The first-order valence-corrected chi connectivity index (χ1v) is 12.1. The van der Waals surface area contributed by atoms with E-state index in [1.807, 2.05) is 34.0 Å². The number of carbonyl (C=O) groups excluding carboxylic acids is 2. The number of hydroxylamine groups is 2. The van der Waals surface area contributed by atoms with Crippen LogP contribution in [0, 0.1) is 5.92 Å². The molecule has 8 nitrogen and oxygen atoms in total. The molecule has 0 unspecified atom stereocenters. The fourth-order valence-corrected chi connectivity index (χ4v) is 3.11. The minimum absolute atomic E-state index is 0.104. The number of carbonyl (C=O) groups is 2. The molecule has 2 amide bonds. The van der Waals surface area contributed by atoms with Crippen molar-refractivity contribution in [1.82, 2.24) is 15.3 Å². The van der Waals surface area contributed by atoms with Gasteiger partial charge in [0.2, 0.25) is 5.91 Å². The van der Waals surface area contributed by atoms with Gasteiger partial charge in [-0.05, 0) is 82.4 Å². The number of ether oxygens (including phenoxy) is 2. The van der Waals surface area contributed by atoms with Crippen LogP contribution in [0.1, 0.15) is 57.9 Å². The third-order valence-electron chi connectivity index (χ3n) is 5.19. The van der Waals surface area contributed by atoms with E-state index in [2.05, 4.69) is 10.2 Å². The van der Waals surface area contributed by atoms with Crippen LogP contribution in [0.15, 0.2) is 24.3 Å². The number of amides is 2. The summed E-state index contributed by atoms with van der Waals surface area (Å²) in [5, 5.41) is 13.5. The lowest BCUT2D eigenvalue weighted by Gasteiger charge is -2.14. The van der Waals surface area contributed by atoms with Gasteiger partial charge in [0.05, 0.1) is 13.7 Å². The van der Waals surface area contributed by atoms with Gasteiger partial charge in [-0.3, -0.25) is 14.8 Å². The van der Waals surface area contributed by atoms with E-state index in [0.717, 1.165) is 55.8 Å². The fourth-order valence-electron chi connectivity index (χ4n) is 3.11. The number of nitrogens with one attached hydrogen (secondary N) is 1. The predicted molar refractivity (Wildman–Crippen MR) is 135 cm³/mol. The highest BCUT2D eigenvalue weighted by Gasteiger charge is 2.09. The molecule has 0 fully saturated rings. The SMILES string of the molecule is COc1cc(/C=C/C(=O)N(O)CCC(C)C)ccc1OCCCCCC(=O)NCCCN(C)C. The molecule has 0 radical (unpaired) electrons. The summed E-state index contributed by atoms with van der Waals surface area (Å²) < 4.78 is 11.3. The highest BCUT2D eigenvalue weighted by molar-refractivity contribution is 5.91. The highest BCUT2D eigenvalue weighted by Crippen LogP contribution is 2.28. The number of hydrogen-bond acceptors (Lipinski definition) is 6. The van der Waals surface area contributed by atoms with E-state index in [4.69, 9.17) is 9.47 Å². The third kappa shape index (κ3) is 13.2. The summed E-state index contributed by atoms with van der Waals surface area (Å²) in [6, 6.07) is 5.42. The second kappa shape index (κ2) is 16.9. The lowest BCUT2D eigenvalue weighted by Crippen LogP contribution is -2.27. The topological polar surface area (TPSA) is 91.3 Å². The zero-order chi connectivity index (χ0) is 25.3. The van der Waals surface area contributed by atoms with Crippen LogP contribution >= 0.6 is 0 Å². The van der Waals surface area contributed by atoms with Crippen LogP contribution in [0.2, 0.25) is 0 Å². The van der Waals surface area contributed by atoms with Crippen molar-refractivity contribution < 1.29 is 24.3 Å². The molecule has 0 spiro atoms. The predicted octanol–water partition coefficient (Wildman–Crippen LogP) is 3.98. The maximum absolute atomic E-state index is 12.0. The third-order valence-corrected chi connectivity index (χ3v) is 5.19. The van der Waals surface area contributed by atoms with Crippen molar-refractivity contribution in [2.45, 2.75) is 52.4 Å². The molecule has 0 aliphatic rings. The zero-order valence-corrected chi connectivity index (χ0v) is 21.5. The summed E-state index contributed by atoms with van der Waals surface area (Å²) in [4.78, 5) is 26.0. The maximum Gasteiger partial charge on any atom is 0.269 e. The molecule has 1 aromatic rings. The molecule has 0 aliphatic carbocycles. The van der Waals surface area contributed by atoms with Crippen molar-refractivity contribution in [2.24, 2.45) is 5.92 Å². The lowest BCUT2D eigenvalue weighted by atomic mass is 10.1. The molecular formula is C26H43N3O5. The zero-order valence-electron chi connectivity index (χ0n) is 21.5. The second-order valence-corrected chi connectivity index (χ2v) is 9.05. The Morgan fingerprint density at radius 3 is 2.53 bits per heavy atom. The van der Waals surface area contributed by atoms with Crippen LogP contribution in [-0.2, 0) is 9.59 Å². The number of rotatable bonds is 17. The van der Waals surface area contributed by atoms with Crippen molar-refractivity contribution in [2.75, 3.05) is 47.4 Å². The Morgan fingerprint density at radius 2 is 1.85 bits per heavy atom. The van der Waals surface area contributed by atoms with Crippen LogP contribution in [0.3, 0.4) is 0 Å². The van der Waals surface area contributed by atoms with Crippen molar-refractivity contribution in [3.05, 3.63) is 29.8 Å². The molecule has 0 heterocycles. The van der Waals surface area contributed by atoms with Crippen molar-refractivity contribution >= 4 is 17.9 Å². The maximum atomic E-state index is 12.0. The molecule has 0 atom stereocenters. The number of methoxy groups -OCH3 is 1. The van der Waals surface area contributed by atoms with Crippen LogP contribution in [0.25, 0.3) is 6.08 Å². The molecule has 2 N–H and O–H groups in total. The van der Waals surface area contributed by atoms with E-state index in [1.54, 1.807) is 25.3 Å². The first-order valence-electron chi connectivity index (χ1n) is 12.1. The Bertz CT molecular complexity index is 765. The molecule has 0 saturated heterocycles. The van der Waals surface area contributed by atoms with Gasteiger partial charge in [0.15, 0.2) is 11.5 Å². The molecule has 0 aromatic heterocycles. The Labute approximate surface area is 204 Å². The molecule has 8 heteroatoms. The molecular weight excluding hydrogens is 434 g/mol. The van der Waals surface area contributed by atoms with E-state index in [1.165, 1.54) is 6.08 Å². The van der Waals surface area contributed by atoms with Gasteiger partial charge in [-0.15, -0.1) is 0 Å². The van der Waals surface area contributed by atoms with Gasteiger partial charge >= 0.3 is 0 Å². The number of unbranched alkanes of at least 4 members (excludes halogenated alkanes) is 2. The molecule has 0 aliphatic heterocycles. The monoisotopic (exact) mass is 477 g/mol. The van der Waals surface area contributed by atoms with Gasteiger partial charge in [0.1, 0.15) is 0 Å². The molecule has 0 bridgehead atoms. The van der Waals surface area contributed by atoms with E-state index in [-0.39, 0.29) is 5.91 Å². The summed E-state index contributed by atoms with van der Waals surface area (Å²) in [6.07, 6.45) is 7.79. The minimum Gasteiger partial charge on any atom is -0.493 e. The summed E-state index contributed by atoms with van der Waals surface area (Å²) in [5.41, 5.74) is 0.770. The van der Waals surface area contributed by atoms with Crippen LogP contribution < -0.4 is 14.8 Å². The van der Waals surface area contributed by atoms with Gasteiger partial charge in [0, 0.05) is 25.6 Å². The van der Waals surface area contributed by atoms with Gasteiger partial charge in [-0.2, -0.15) is 0 Å². The average Bonchev–Trinajstić information content (AvgIpc) is 2.80. The fraction of sp³-hybridized carbons (Fsp3) is 0.615. The van der Waals surface area contributed by atoms with E-state index >= 15 is 0 Å². The molecule has 34 heavy (non-hydrogen) atoms. The molecule has 1 rings (SSSR count). The van der Waals surface area contributed by atoms with Crippen LogP contribution in [0.4, 0.5) is 0 Å². The summed E-state index contributed by atoms with van der Waals surface area (Å²) >= 11 is 0. The average molecular weight is 478 g/mol. The normalized spacial score (nSPS) is 11.3. The van der Waals surface area contributed by atoms with Crippen molar-refractivity contribution in [3.8, 4) is 11.5 Å². The quantitative estimate of drug-likeness (QED) is 0.153. The van der Waals surface area contributed by atoms with Gasteiger partial charge in [0.25, 0.3) is 5.91 Å². The standard InChI is InChI=1S/C26H43N3O5/c1-21(2)15-18-29(32)26(31)14-12-22-11-13-23(24(20-22)33-5)34-19-8-6-7-10-25(30)27-16-9-17-28(3)4/h11-14,20-21,32H,6-10,15-19H2,1-5H3,(H,27,30)/b14-12+. The smallest absolute Gasteiger partial charge is 0.269 e. The first-order chi connectivity index (χ1) is 16.2. The van der Waals surface area contributed by atoms with E-state index in [0.29, 0.717) is 37.0 Å². The highest BCUT2D eigenvalue weighted by atomic mass is 16.5. The van der Waals surface area contributed by atoms with Crippen LogP contribution in [0.5, 0.6) is 11.5 Å². The lowest BCUT2D eigenvalue weighted by molar-refractivity contribution is -0.159. The van der Waals surface area contributed by atoms with Gasteiger partial charge in [-0.25, -0.2) is 5.06 Å². The van der Waals surface area contributed by atoms with E-state index in [9.17, 15) is 14.8 Å². The Kier molecular flexibility index (Phi) is 14.7. The number of hydrogen-bond donors (Lipinski definition) is 2. The summed E-state index contributed by atoms with van der Waals surface area (Å²) in [7, 11) is 5.61. The van der Waals surface area contributed by atoms with E-state index < -0.39 is 5.91 Å². The van der Waals surface area contributed by atoms with Crippen molar-refractivity contribution in [1.29, 1.82) is 0 Å². The van der Waals surface area contributed by atoms with Gasteiger partial charge in [-0.1, -0.05) is 19.9 Å². The summed E-state index contributed by atoms with van der Waals surface area (Å²) in [5.74, 6) is 1.26. The molecule has 1 aromatic carbocycles. The van der Waals surface area contributed by atoms with Crippen molar-refractivity contribution in [3.63, 3.8) is 0 Å². The first kappa shape index (κ1) is 29.5. The Morgan fingerprint density at radius 1 is 1.09 bits per heavy atom. The number of benzene rings is 1. The van der Waals surface area contributed by atoms with Gasteiger partial charge < -0.3 is 19.7 Å². The largest absolute Gasteiger partial charge is 0.493 e. The van der Waals surface area contributed by atoms with Crippen LogP contribution in [-0.4, -0.2) is 74.4 Å². The minimum atomic E-state index is -0.456. The molecule has 0 saturated carbocycles. The second-order valence-electron chi connectivity index (χ2n) is 9.05. The Balaban J connectivity index is 2.35. The number of nitrogens with zero attached hydrogens (tertiary/aromatic N) is 2. The Hall–Kier alpha value is -2.58.